The third-order valence-electron chi connectivity index (χ3n) is 5.69. The Morgan fingerprint density at radius 1 is 1.16 bits per heavy atom. The maximum absolute atomic E-state index is 13.1. The number of nitrogens with zero attached hydrogens (tertiary/aromatic N) is 3. The van der Waals surface area contributed by atoms with Gasteiger partial charge in [0, 0.05) is 26.1 Å². The summed E-state index contributed by atoms with van der Waals surface area (Å²) in [5.74, 6) is 1.56. The molecule has 1 fully saturated rings. The number of hydrogen-bond acceptors (Lipinski definition) is 4. The highest BCUT2D eigenvalue weighted by Crippen LogP contribution is 2.27. The zero-order valence-electron chi connectivity index (χ0n) is 17.8. The predicted molar refractivity (Wildman–Crippen MR) is 117 cm³/mol. The van der Waals surface area contributed by atoms with Gasteiger partial charge in [-0.25, -0.2) is 9.37 Å². The number of aromatic nitrogens is 1. The quantitative estimate of drug-likeness (QED) is 0.573. The Hall–Kier alpha value is -2.99. The van der Waals surface area contributed by atoms with Crippen molar-refractivity contribution in [3.8, 4) is 0 Å². The van der Waals surface area contributed by atoms with Gasteiger partial charge in [0.1, 0.15) is 11.6 Å². The normalized spacial score (nSPS) is 16.6. The molecule has 1 aromatic heterocycles. The fourth-order valence-electron chi connectivity index (χ4n) is 4.08. The summed E-state index contributed by atoms with van der Waals surface area (Å²) in [5.41, 5.74) is 2.17. The minimum atomic E-state index is -0.250. The van der Waals surface area contributed by atoms with Gasteiger partial charge in [-0.2, -0.15) is 0 Å². The Balaban J connectivity index is 1.31. The molecule has 2 aromatic carbocycles. The monoisotopic (exact) mass is 421 g/mol. The molecule has 1 amide bonds. The number of piperidine rings is 1. The fourth-order valence-corrected chi connectivity index (χ4v) is 4.08. The number of rotatable bonds is 7. The number of halogens is 1. The zero-order valence-corrected chi connectivity index (χ0v) is 17.8. The Morgan fingerprint density at radius 3 is 2.71 bits per heavy atom. The van der Waals surface area contributed by atoms with Gasteiger partial charge < -0.3 is 9.32 Å². The number of benzene rings is 2. The molecule has 1 unspecified atom stereocenters. The lowest BCUT2D eigenvalue weighted by Gasteiger charge is -2.32. The van der Waals surface area contributed by atoms with Crippen molar-refractivity contribution in [3.05, 3.63) is 89.4 Å². The molecule has 0 radical (unpaired) electrons. The number of oxazole rings is 1. The van der Waals surface area contributed by atoms with Crippen LogP contribution in [-0.2, 0) is 17.8 Å². The maximum Gasteiger partial charge on any atom is 0.236 e. The van der Waals surface area contributed by atoms with E-state index in [1.165, 1.54) is 17.7 Å². The molecule has 2 heterocycles. The second-order valence-corrected chi connectivity index (χ2v) is 8.30. The molecule has 31 heavy (non-hydrogen) atoms. The van der Waals surface area contributed by atoms with Crippen molar-refractivity contribution >= 4 is 5.91 Å². The predicted octanol–water partition coefficient (Wildman–Crippen LogP) is 4.24. The summed E-state index contributed by atoms with van der Waals surface area (Å²) in [6.07, 6.45) is 4.44. The number of carbonyl (C=O) groups is 1. The molecule has 6 heteroatoms. The van der Waals surface area contributed by atoms with Crippen LogP contribution in [0, 0.1) is 5.82 Å². The van der Waals surface area contributed by atoms with Gasteiger partial charge in [-0.15, -0.1) is 0 Å². The third kappa shape index (κ3) is 5.79. The van der Waals surface area contributed by atoms with Gasteiger partial charge in [0.2, 0.25) is 5.91 Å². The van der Waals surface area contributed by atoms with Crippen LogP contribution in [0.1, 0.15) is 41.5 Å². The number of carbonyl (C=O) groups excluding carboxylic acids is 1. The lowest BCUT2D eigenvalue weighted by molar-refractivity contribution is -0.133. The molecular weight excluding hydrogens is 393 g/mol. The van der Waals surface area contributed by atoms with E-state index in [0.29, 0.717) is 19.6 Å². The number of likely N-dealkylation sites (N-methyl/N-ethyl adjacent to an activating group) is 1. The summed E-state index contributed by atoms with van der Waals surface area (Å²) in [5, 5.41) is 0. The molecule has 0 aliphatic carbocycles. The van der Waals surface area contributed by atoms with E-state index in [4.69, 9.17) is 4.42 Å². The molecule has 4 rings (SSSR count). The van der Waals surface area contributed by atoms with Gasteiger partial charge in [0.15, 0.2) is 5.89 Å². The van der Waals surface area contributed by atoms with E-state index in [-0.39, 0.29) is 17.6 Å². The SMILES string of the molecule is CN(CC(=O)N1CCCC(c2ncc(Cc3ccccc3)o2)C1)Cc1ccc(F)cc1. The minimum Gasteiger partial charge on any atom is -0.445 e. The van der Waals surface area contributed by atoms with Crippen LogP contribution in [0.2, 0.25) is 0 Å². The second kappa shape index (κ2) is 9.88. The van der Waals surface area contributed by atoms with E-state index in [1.54, 1.807) is 18.3 Å². The van der Waals surface area contributed by atoms with Gasteiger partial charge in [0.25, 0.3) is 0 Å². The smallest absolute Gasteiger partial charge is 0.236 e. The van der Waals surface area contributed by atoms with Crippen molar-refractivity contribution in [2.24, 2.45) is 0 Å². The first-order valence-corrected chi connectivity index (χ1v) is 10.8. The van der Waals surface area contributed by atoms with Crippen LogP contribution >= 0.6 is 0 Å². The summed E-state index contributed by atoms with van der Waals surface area (Å²) >= 11 is 0. The molecule has 0 saturated carbocycles. The maximum atomic E-state index is 13.1. The summed E-state index contributed by atoms with van der Waals surface area (Å²) in [6, 6.07) is 16.6. The molecule has 0 N–H and O–H groups in total. The first-order chi connectivity index (χ1) is 15.1. The summed E-state index contributed by atoms with van der Waals surface area (Å²) < 4.78 is 19.1. The van der Waals surface area contributed by atoms with E-state index in [2.05, 4.69) is 17.1 Å². The summed E-state index contributed by atoms with van der Waals surface area (Å²) in [6.45, 7) is 2.33. The molecule has 3 aromatic rings. The van der Waals surface area contributed by atoms with E-state index in [1.807, 2.05) is 35.0 Å². The van der Waals surface area contributed by atoms with E-state index in [0.717, 1.165) is 43.0 Å². The molecule has 162 valence electrons. The summed E-state index contributed by atoms with van der Waals surface area (Å²) in [4.78, 5) is 21.2. The first kappa shape index (κ1) is 21.2. The highest BCUT2D eigenvalue weighted by Gasteiger charge is 2.28. The highest BCUT2D eigenvalue weighted by molar-refractivity contribution is 5.78. The molecule has 0 spiro atoms. The first-order valence-electron chi connectivity index (χ1n) is 10.8. The molecule has 1 aliphatic heterocycles. The molecular formula is C25H28FN3O2. The van der Waals surface area contributed by atoms with Crippen molar-refractivity contribution in [1.29, 1.82) is 0 Å². The van der Waals surface area contributed by atoms with Crippen molar-refractivity contribution in [2.75, 3.05) is 26.7 Å². The van der Waals surface area contributed by atoms with Crippen LogP contribution in [0.15, 0.2) is 65.2 Å². The topological polar surface area (TPSA) is 49.6 Å². The van der Waals surface area contributed by atoms with Gasteiger partial charge >= 0.3 is 0 Å². The van der Waals surface area contributed by atoms with Crippen LogP contribution in [0.25, 0.3) is 0 Å². The summed E-state index contributed by atoms with van der Waals surface area (Å²) in [7, 11) is 1.91. The van der Waals surface area contributed by atoms with Gasteiger partial charge in [-0.1, -0.05) is 42.5 Å². The number of likely N-dealkylation sites (tertiary alicyclic amines) is 1. The largest absolute Gasteiger partial charge is 0.445 e. The van der Waals surface area contributed by atoms with E-state index in [9.17, 15) is 9.18 Å². The second-order valence-electron chi connectivity index (χ2n) is 8.30. The lowest BCUT2D eigenvalue weighted by Crippen LogP contribution is -2.43. The molecule has 1 atom stereocenters. The lowest BCUT2D eigenvalue weighted by atomic mass is 9.98. The Kier molecular flexibility index (Phi) is 6.77. The minimum absolute atomic E-state index is 0.102. The Morgan fingerprint density at radius 2 is 1.94 bits per heavy atom. The third-order valence-corrected chi connectivity index (χ3v) is 5.69. The highest BCUT2D eigenvalue weighted by atomic mass is 19.1. The molecule has 5 nitrogen and oxygen atoms in total. The van der Waals surface area contributed by atoms with E-state index >= 15 is 0 Å². The van der Waals surface area contributed by atoms with Crippen molar-refractivity contribution in [2.45, 2.75) is 31.7 Å². The van der Waals surface area contributed by atoms with Gasteiger partial charge in [-0.3, -0.25) is 9.69 Å². The molecule has 0 bridgehead atoms. The zero-order chi connectivity index (χ0) is 21.6. The molecule has 1 aliphatic rings. The van der Waals surface area contributed by atoms with Crippen molar-refractivity contribution in [3.63, 3.8) is 0 Å². The molecule has 1 saturated heterocycles. The standard InChI is InChI=1S/C25H28FN3O2/c1-28(16-20-9-11-22(26)12-10-20)18-24(30)29-13-5-8-21(17-29)25-27-15-23(31-25)14-19-6-3-2-4-7-19/h2-4,6-7,9-12,15,21H,5,8,13-14,16-18H2,1H3. The van der Waals surface area contributed by atoms with Crippen LogP contribution in [0.4, 0.5) is 4.39 Å². The van der Waals surface area contributed by atoms with E-state index < -0.39 is 0 Å². The number of amides is 1. The average molecular weight is 422 g/mol. The van der Waals surface area contributed by atoms with Gasteiger partial charge in [0.05, 0.1) is 18.7 Å². The number of hydrogen-bond donors (Lipinski definition) is 0. The van der Waals surface area contributed by atoms with Crippen LogP contribution < -0.4 is 0 Å². The average Bonchev–Trinajstić information content (AvgIpc) is 3.24. The van der Waals surface area contributed by atoms with Crippen LogP contribution in [0.5, 0.6) is 0 Å². The van der Waals surface area contributed by atoms with Crippen molar-refractivity contribution < 1.29 is 13.6 Å². The fraction of sp³-hybridized carbons (Fsp3) is 0.360. The Bertz CT molecular complexity index is 988. The Labute approximate surface area is 182 Å². The van der Waals surface area contributed by atoms with Crippen molar-refractivity contribution in [1.82, 2.24) is 14.8 Å². The van der Waals surface area contributed by atoms with Crippen LogP contribution in [0.3, 0.4) is 0 Å². The van der Waals surface area contributed by atoms with Crippen LogP contribution in [-0.4, -0.2) is 47.4 Å². The van der Waals surface area contributed by atoms with Gasteiger partial charge in [-0.05, 0) is 43.1 Å².